The molecule has 0 amide bonds. The van der Waals surface area contributed by atoms with E-state index in [0.29, 0.717) is 123 Å². The van der Waals surface area contributed by atoms with Crippen LogP contribution in [0.1, 0.15) is 66.8 Å². The minimum absolute atomic E-state index is 0.231. The normalized spacial score (nSPS) is 10.6. The van der Waals surface area contributed by atoms with Crippen LogP contribution in [-0.2, 0) is 0 Å². The van der Waals surface area contributed by atoms with Crippen LogP contribution in [0, 0.1) is 116 Å². The Balaban J connectivity index is 0.000000147. The van der Waals surface area contributed by atoms with E-state index in [-0.39, 0.29) is 23.3 Å². The SMILES string of the molecule is Cc1cc(-c2ncc(Cl)cc2-c2ccc(N)c(C=N)c2)ccc1F.Cc1cc(-c2ncc(F)cc2-c2ccc(N)c(C=N)c2)ccc1F.Cc1cnc(-c2ccc(F)c(C)c2)c(-c2ccc(N)c(C=N)c2)c1.Cc1cnc(-c2ccc(F)c(C)c2)c(-c2ccc(N)c(C=N)c2)c1.Cc1cnc(-c2ccc(F)c(F)c2)c(-c2ccc(N)c(C=N)c2)c1. The zero-order valence-electron chi connectivity index (χ0n) is 66.1. The molecule has 0 radical (unpaired) electrons. The molecule has 0 aliphatic rings. The van der Waals surface area contributed by atoms with Crippen molar-refractivity contribution in [1.29, 1.82) is 27.0 Å². The van der Waals surface area contributed by atoms with Crippen LogP contribution in [0.2, 0.25) is 5.02 Å². The van der Waals surface area contributed by atoms with Gasteiger partial charge in [0, 0.05) is 168 Å². The third-order valence-corrected chi connectivity index (χ3v) is 19.7. The van der Waals surface area contributed by atoms with Gasteiger partial charge in [-0.15, -0.1) is 0 Å². The van der Waals surface area contributed by atoms with Gasteiger partial charge in [-0.3, -0.25) is 24.9 Å². The monoisotopic (exact) mass is 1620 g/mol. The van der Waals surface area contributed by atoms with Crippen LogP contribution >= 0.6 is 11.6 Å². The molecule has 0 bridgehead atoms. The van der Waals surface area contributed by atoms with Crippen molar-refractivity contribution in [3.63, 3.8) is 0 Å². The number of rotatable bonds is 15. The molecule has 0 fully saturated rings. The molecule has 0 aliphatic heterocycles. The van der Waals surface area contributed by atoms with Crippen molar-refractivity contribution in [2.24, 2.45) is 0 Å². The van der Waals surface area contributed by atoms with Crippen LogP contribution in [0.4, 0.5) is 59.2 Å². The van der Waals surface area contributed by atoms with Gasteiger partial charge in [0.15, 0.2) is 11.6 Å². The Morgan fingerprint density at radius 2 is 0.467 bits per heavy atom. The maximum atomic E-state index is 13.8. The van der Waals surface area contributed by atoms with Gasteiger partial charge in [-0.2, -0.15) is 0 Å². The number of hydrogen-bond donors (Lipinski definition) is 10. The van der Waals surface area contributed by atoms with Crippen LogP contribution in [0.25, 0.3) is 112 Å². The molecule has 0 spiro atoms. The lowest BCUT2D eigenvalue weighted by atomic mass is 9.95. The number of nitrogens with zero attached hydrogens (tertiary/aromatic N) is 5. The minimum atomic E-state index is -0.918. The van der Waals surface area contributed by atoms with Crippen molar-refractivity contribution in [3.05, 3.63) is 356 Å². The van der Waals surface area contributed by atoms with Crippen molar-refractivity contribution < 1.29 is 30.7 Å². The molecule has 15 N–H and O–H groups in total. The van der Waals surface area contributed by atoms with E-state index >= 15 is 0 Å². The second-order valence-corrected chi connectivity index (χ2v) is 28.7. The highest BCUT2D eigenvalue weighted by Crippen LogP contribution is 2.40. The topological polar surface area (TPSA) is 314 Å². The maximum Gasteiger partial charge on any atom is 0.159 e. The molecule has 0 aliphatic carbocycles. The summed E-state index contributed by atoms with van der Waals surface area (Å²) in [7, 11) is 0. The number of nitrogens with two attached hydrogens (primary N) is 5. The van der Waals surface area contributed by atoms with Crippen molar-refractivity contribution in [3.8, 4) is 112 Å². The first kappa shape index (κ1) is 86.0. The third-order valence-electron chi connectivity index (χ3n) is 19.5. The van der Waals surface area contributed by atoms with Gasteiger partial charge in [0.2, 0.25) is 0 Å². The number of hydrogen-bond acceptors (Lipinski definition) is 15. The summed E-state index contributed by atoms with van der Waals surface area (Å²) in [5, 5.41) is 37.8. The number of nitrogen functional groups attached to an aromatic ring is 5. The van der Waals surface area contributed by atoms with E-state index in [1.54, 1.807) is 150 Å². The highest BCUT2D eigenvalue weighted by Gasteiger charge is 2.20. The Morgan fingerprint density at radius 3 is 0.725 bits per heavy atom. The molecule has 10 aromatic carbocycles. The van der Waals surface area contributed by atoms with E-state index in [2.05, 4.69) is 24.9 Å². The van der Waals surface area contributed by atoms with Gasteiger partial charge in [-0.1, -0.05) is 41.9 Å². The quantitative estimate of drug-likeness (QED) is 0.0263. The van der Waals surface area contributed by atoms with Gasteiger partial charge in [0.1, 0.15) is 29.1 Å². The zero-order valence-corrected chi connectivity index (χ0v) is 66.9. The summed E-state index contributed by atoms with van der Waals surface area (Å²) in [6, 6.07) is 59.4. The Kier molecular flexibility index (Phi) is 27.4. The fourth-order valence-corrected chi connectivity index (χ4v) is 13.1. The summed E-state index contributed by atoms with van der Waals surface area (Å²) in [4.78, 5) is 22.1. The molecule has 15 nitrogen and oxygen atoms in total. The molecule has 0 saturated heterocycles. The number of aromatic nitrogens is 5. The van der Waals surface area contributed by atoms with E-state index in [4.69, 9.17) is 67.3 Å². The van der Waals surface area contributed by atoms with Gasteiger partial charge in [0.05, 0.1) is 39.7 Å². The number of halogens is 8. The van der Waals surface area contributed by atoms with Crippen molar-refractivity contribution in [2.45, 2.75) is 48.5 Å². The minimum Gasteiger partial charge on any atom is -0.398 e. The molecule has 23 heteroatoms. The van der Waals surface area contributed by atoms with Gasteiger partial charge in [0.25, 0.3) is 0 Å². The molecule has 5 aromatic heterocycles. The standard InChI is InChI=1S/2C20H18FN3.C19H15ClFN3.2C19H15F2N3/c2*1-12-7-17(14-4-6-19(23)16(9-14)10-22)20(24-11-12)15-3-5-18(21)13(2)8-15;2*1-11-6-13(2-4-17(11)21)19-16(8-15(20)10-24-19)12-3-5-18(23)14(7-12)9-22;1-11-6-15(12-3-5-18(23)14(7-12)9-22)19(24-10-11)13-2-4-16(20)17(21)8-13/h2*3-11,22H,23H2,1-2H3;3*2-10,22H,23H2,1H3. The van der Waals surface area contributed by atoms with Gasteiger partial charge in [-0.05, 0) is 297 Å². The molecule has 120 heavy (non-hydrogen) atoms. The average molecular weight is 1630 g/mol. The Labute approximate surface area is 694 Å². The summed E-state index contributed by atoms with van der Waals surface area (Å²) in [5.41, 5.74) is 55.4. The van der Waals surface area contributed by atoms with Crippen LogP contribution in [0.3, 0.4) is 0 Å². The Bertz CT molecular complexity index is 5570. The molecule has 600 valence electrons. The van der Waals surface area contributed by atoms with E-state index < -0.39 is 17.5 Å². The predicted octanol–water partition coefficient (Wildman–Crippen LogP) is 23.8. The zero-order chi connectivity index (χ0) is 86.3. The number of aryl methyl sites for hydroxylation is 7. The fraction of sp³-hybridized carbons (Fsp3) is 0.0722. The summed E-state index contributed by atoms with van der Waals surface area (Å²) in [6.07, 6.45) is 14.0. The smallest absolute Gasteiger partial charge is 0.159 e. The maximum absolute atomic E-state index is 13.8. The summed E-state index contributed by atoms with van der Waals surface area (Å²) in [5.74, 6) is -3.31. The summed E-state index contributed by atoms with van der Waals surface area (Å²) >= 11 is 6.12. The predicted molar refractivity (Wildman–Crippen MR) is 475 cm³/mol. The molecule has 15 rings (SSSR count). The fourth-order valence-electron chi connectivity index (χ4n) is 13.0. The third kappa shape index (κ3) is 20.3. The molecule has 5 heterocycles. The lowest BCUT2D eigenvalue weighted by Crippen LogP contribution is -1.96. The highest BCUT2D eigenvalue weighted by molar-refractivity contribution is 6.31. The lowest BCUT2D eigenvalue weighted by Gasteiger charge is -2.12. The van der Waals surface area contributed by atoms with Gasteiger partial charge >= 0.3 is 0 Å². The number of pyridine rings is 5. The van der Waals surface area contributed by atoms with E-state index in [0.717, 1.165) is 114 Å². The van der Waals surface area contributed by atoms with Crippen molar-refractivity contribution >= 4 is 71.1 Å². The molecular formula is C97H81ClF7N15. The van der Waals surface area contributed by atoms with Gasteiger partial charge in [-0.25, -0.2) is 30.7 Å². The van der Waals surface area contributed by atoms with Crippen molar-refractivity contribution in [1.82, 2.24) is 24.9 Å². The summed E-state index contributed by atoms with van der Waals surface area (Å²) < 4.78 is 94.8. The first-order chi connectivity index (χ1) is 57.5. The largest absolute Gasteiger partial charge is 0.398 e. The average Bonchev–Trinajstić information content (AvgIpc) is 0.812. The molecular weight excluding hydrogens is 1540 g/mol. The molecule has 0 unspecified atom stereocenters. The first-order valence-corrected chi connectivity index (χ1v) is 37.6. The van der Waals surface area contributed by atoms with Crippen LogP contribution in [0.15, 0.2) is 243 Å². The van der Waals surface area contributed by atoms with E-state index in [1.807, 2.05) is 87.5 Å². The second kappa shape index (κ2) is 38.2. The Morgan fingerprint density at radius 1 is 0.242 bits per heavy atom. The summed E-state index contributed by atoms with van der Waals surface area (Å²) in [6.45, 7) is 12.7. The highest BCUT2D eigenvalue weighted by atomic mass is 35.5. The van der Waals surface area contributed by atoms with Crippen LogP contribution in [0.5, 0.6) is 0 Å². The molecule has 0 saturated carbocycles. The van der Waals surface area contributed by atoms with Crippen LogP contribution in [-0.4, -0.2) is 56.0 Å². The molecule has 15 aromatic rings. The van der Waals surface area contributed by atoms with Gasteiger partial charge < -0.3 is 55.7 Å². The van der Waals surface area contributed by atoms with Crippen LogP contribution < -0.4 is 28.7 Å². The Hall–Kier alpha value is -14.9. The number of benzene rings is 10. The number of anilines is 5. The van der Waals surface area contributed by atoms with E-state index in [9.17, 15) is 30.7 Å². The second-order valence-electron chi connectivity index (χ2n) is 28.3. The van der Waals surface area contributed by atoms with Crippen molar-refractivity contribution in [2.75, 3.05) is 28.7 Å². The van der Waals surface area contributed by atoms with E-state index in [1.165, 1.54) is 61.3 Å². The molecule has 0 atom stereocenters. The number of nitrogens with one attached hydrogen (secondary N) is 5. The first-order valence-electron chi connectivity index (χ1n) is 37.2. The lowest BCUT2D eigenvalue weighted by molar-refractivity contribution is 0.509.